The fourth-order valence-corrected chi connectivity index (χ4v) is 1.42. The summed E-state index contributed by atoms with van der Waals surface area (Å²) in [5, 5.41) is 0. The van der Waals surface area contributed by atoms with Crippen LogP contribution in [0.1, 0.15) is 25.8 Å². The molecule has 0 unspecified atom stereocenters. The Hall–Kier alpha value is -1.24. The molecular formula is C15H18ClFO2. The van der Waals surface area contributed by atoms with E-state index in [1.165, 1.54) is 12.1 Å². The van der Waals surface area contributed by atoms with Crippen molar-refractivity contribution >= 4 is 11.6 Å². The Labute approximate surface area is 118 Å². The van der Waals surface area contributed by atoms with Crippen LogP contribution in [0.15, 0.2) is 18.2 Å². The molecule has 0 bridgehead atoms. The lowest BCUT2D eigenvalue weighted by atomic mass is 10.1. The summed E-state index contributed by atoms with van der Waals surface area (Å²) >= 11 is 5.51. The smallest absolute Gasteiger partial charge is 0.137 e. The molecule has 0 aliphatic rings. The molecule has 0 saturated carbocycles. The van der Waals surface area contributed by atoms with E-state index < -0.39 is 0 Å². The summed E-state index contributed by atoms with van der Waals surface area (Å²) in [6, 6.07) is 4.27. The molecule has 104 valence electrons. The van der Waals surface area contributed by atoms with Gasteiger partial charge < -0.3 is 9.47 Å². The maximum absolute atomic E-state index is 13.2. The van der Waals surface area contributed by atoms with E-state index in [1.807, 2.05) is 13.8 Å². The summed E-state index contributed by atoms with van der Waals surface area (Å²) in [4.78, 5) is 0. The highest BCUT2D eigenvalue weighted by molar-refractivity contribution is 6.19. The van der Waals surface area contributed by atoms with E-state index in [0.717, 1.165) is 0 Å². The number of halogens is 2. The first kappa shape index (κ1) is 15.8. The Kier molecular flexibility index (Phi) is 6.14. The molecule has 4 heteroatoms. The molecule has 1 aromatic rings. The Bertz CT molecular complexity index is 475. The van der Waals surface area contributed by atoms with E-state index in [4.69, 9.17) is 21.1 Å². The zero-order valence-electron chi connectivity index (χ0n) is 11.4. The molecule has 0 aliphatic heterocycles. The van der Waals surface area contributed by atoms with Gasteiger partial charge in [-0.25, -0.2) is 4.39 Å². The van der Waals surface area contributed by atoms with Gasteiger partial charge in [0, 0.05) is 19.6 Å². The summed E-state index contributed by atoms with van der Waals surface area (Å²) in [7, 11) is 1.65. The Morgan fingerprint density at radius 1 is 1.37 bits per heavy atom. The minimum absolute atomic E-state index is 0.230. The third kappa shape index (κ3) is 5.50. The molecule has 0 amide bonds. The van der Waals surface area contributed by atoms with Gasteiger partial charge in [0.15, 0.2) is 0 Å². The van der Waals surface area contributed by atoms with Gasteiger partial charge in [0.2, 0.25) is 0 Å². The molecule has 1 aromatic carbocycles. The number of benzene rings is 1. The Morgan fingerprint density at radius 2 is 2.11 bits per heavy atom. The van der Waals surface area contributed by atoms with Crippen molar-refractivity contribution < 1.29 is 13.9 Å². The van der Waals surface area contributed by atoms with Crippen molar-refractivity contribution in [2.24, 2.45) is 0 Å². The van der Waals surface area contributed by atoms with Crippen molar-refractivity contribution in [1.82, 2.24) is 0 Å². The standard InChI is InChI=1S/C15H18ClFO2/c1-15(2,18-3)8-10-19-14-11-13(17)7-6-12(14)5-4-9-16/h6-7,11H,8-10H2,1-3H3. The first-order valence-electron chi connectivity index (χ1n) is 6.01. The van der Waals surface area contributed by atoms with Crippen LogP contribution in [0.4, 0.5) is 4.39 Å². The average Bonchev–Trinajstić information content (AvgIpc) is 2.38. The summed E-state index contributed by atoms with van der Waals surface area (Å²) in [6.07, 6.45) is 0.697. The SMILES string of the molecule is COC(C)(C)CCOc1cc(F)ccc1C#CCCl. The van der Waals surface area contributed by atoms with Gasteiger partial charge in [-0.15, -0.1) is 11.6 Å². The fraction of sp³-hybridized carbons (Fsp3) is 0.467. The van der Waals surface area contributed by atoms with Gasteiger partial charge in [-0.1, -0.05) is 11.8 Å². The van der Waals surface area contributed by atoms with Crippen LogP contribution in [0.25, 0.3) is 0 Å². The quantitative estimate of drug-likeness (QED) is 0.607. The molecule has 0 fully saturated rings. The number of hydrogen-bond donors (Lipinski definition) is 0. The fourth-order valence-electron chi connectivity index (χ4n) is 1.36. The highest BCUT2D eigenvalue weighted by Crippen LogP contribution is 2.21. The summed E-state index contributed by atoms with van der Waals surface area (Å²) in [5.41, 5.74) is 0.368. The van der Waals surface area contributed by atoms with Gasteiger partial charge >= 0.3 is 0 Å². The number of rotatable bonds is 5. The topological polar surface area (TPSA) is 18.5 Å². The molecule has 0 heterocycles. The minimum Gasteiger partial charge on any atom is -0.492 e. The highest BCUT2D eigenvalue weighted by Gasteiger charge is 2.16. The van der Waals surface area contributed by atoms with E-state index in [1.54, 1.807) is 13.2 Å². The summed E-state index contributed by atoms with van der Waals surface area (Å²) < 4.78 is 24.1. The average molecular weight is 285 g/mol. The Balaban J connectivity index is 2.73. The number of methoxy groups -OCH3 is 1. The molecule has 0 aromatic heterocycles. The van der Waals surface area contributed by atoms with Crippen molar-refractivity contribution in [3.8, 4) is 17.6 Å². The number of ether oxygens (including phenoxy) is 2. The molecule has 19 heavy (non-hydrogen) atoms. The third-order valence-corrected chi connectivity index (χ3v) is 2.88. The number of alkyl halides is 1. The highest BCUT2D eigenvalue weighted by atomic mass is 35.5. The van der Waals surface area contributed by atoms with E-state index in [0.29, 0.717) is 24.3 Å². The molecule has 0 radical (unpaired) electrons. The van der Waals surface area contributed by atoms with E-state index in [-0.39, 0.29) is 17.3 Å². The second-order valence-corrected chi connectivity index (χ2v) is 4.91. The molecule has 2 nitrogen and oxygen atoms in total. The van der Waals surface area contributed by atoms with Crippen LogP contribution in [0.5, 0.6) is 5.75 Å². The van der Waals surface area contributed by atoms with Gasteiger partial charge in [-0.05, 0) is 26.0 Å². The molecule has 0 N–H and O–H groups in total. The van der Waals surface area contributed by atoms with Crippen LogP contribution in [-0.4, -0.2) is 25.2 Å². The van der Waals surface area contributed by atoms with Crippen LogP contribution >= 0.6 is 11.6 Å². The van der Waals surface area contributed by atoms with Crippen molar-refractivity contribution in [2.45, 2.75) is 25.9 Å². The minimum atomic E-state index is -0.350. The van der Waals surface area contributed by atoms with Crippen molar-refractivity contribution in [2.75, 3.05) is 19.6 Å². The predicted octanol–water partition coefficient (Wildman–Crippen LogP) is 3.61. The third-order valence-electron chi connectivity index (χ3n) is 2.75. The monoisotopic (exact) mass is 284 g/mol. The van der Waals surface area contributed by atoms with Gasteiger partial charge in [-0.2, -0.15) is 0 Å². The largest absolute Gasteiger partial charge is 0.492 e. The van der Waals surface area contributed by atoms with Crippen molar-refractivity contribution in [3.05, 3.63) is 29.6 Å². The molecule has 0 spiro atoms. The predicted molar refractivity (Wildman–Crippen MR) is 75.2 cm³/mol. The van der Waals surface area contributed by atoms with Crippen LogP contribution in [-0.2, 0) is 4.74 Å². The summed E-state index contributed by atoms with van der Waals surface area (Å²) in [6.45, 7) is 4.37. The van der Waals surface area contributed by atoms with E-state index in [9.17, 15) is 4.39 Å². The van der Waals surface area contributed by atoms with E-state index in [2.05, 4.69) is 11.8 Å². The van der Waals surface area contributed by atoms with E-state index >= 15 is 0 Å². The van der Waals surface area contributed by atoms with Crippen LogP contribution in [0.2, 0.25) is 0 Å². The lowest BCUT2D eigenvalue weighted by molar-refractivity contribution is 0.00541. The zero-order chi connectivity index (χ0) is 14.3. The normalized spacial score (nSPS) is 10.8. The lowest BCUT2D eigenvalue weighted by Crippen LogP contribution is -2.25. The maximum atomic E-state index is 13.2. The van der Waals surface area contributed by atoms with Gasteiger partial charge in [0.25, 0.3) is 0 Å². The summed E-state index contributed by atoms with van der Waals surface area (Å²) in [5.74, 6) is 5.89. The lowest BCUT2D eigenvalue weighted by Gasteiger charge is -2.22. The first-order valence-corrected chi connectivity index (χ1v) is 6.54. The van der Waals surface area contributed by atoms with Crippen LogP contribution in [0, 0.1) is 17.7 Å². The van der Waals surface area contributed by atoms with Gasteiger partial charge in [0.05, 0.1) is 23.7 Å². The van der Waals surface area contributed by atoms with Gasteiger partial charge in [-0.3, -0.25) is 0 Å². The zero-order valence-corrected chi connectivity index (χ0v) is 12.2. The molecule has 0 saturated heterocycles. The maximum Gasteiger partial charge on any atom is 0.137 e. The second kappa shape index (κ2) is 7.37. The second-order valence-electron chi connectivity index (χ2n) is 4.64. The first-order chi connectivity index (χ1) is 8.98. The Morgan fingerprint density at radius 3 is 2.74 bits per heavy atom. The number of hydrogen-bond acceptors (Lipinski definition) is 2. The van der Waals surface area contributed by atoms with Crippen molar-refractivity contribution in [3.63, 3.8) is 0 Å². The molecule has 0 aliphatic carbocycles. The van der Waals surface area contributed by atoms with Crippen LogP contribution < -0.4 is 4.74 Å². The molecule has 1 rings (SSSR count). The van der Waals surface area contributed by atoms with Crippen molar-refractivity contribution in [1.29, 1.82) is 0 Å². The van der Waals surface area contributed by atoms with Gasteiger partial charge in [0.1, 0.15) is 11.6 Å². The molecular weight excluding hydrogens is 267 g/mol. The van der Waals surface area contributed by atoms with Crippen LogP contribution in [0.3, 0.4) is 0 Å². The molecule has 0 atom stereocenters.